The van der Waals surface area contributed by atoms with Gasteiger partial charge < -0.3 is 10.3 Å². The number of carbonyl (C=O) groups is 1. The molecular formula is C18H19FN4O. The number of hydrogen-bond acceptors (Lipinski definition) is 2. The minimum absolute atomic E-state index is 0.0276. The fourth-order valence-electron chi connectivity index (χ4n) is 3.57. The van der Waals surface area contributed by atoms with Gasteiger partial charge in [0, 0.05) is 22.8 Å². The van der Waals surface area contributed by atoms with Crippen LogP contribution in [0.1, 0.15) is 28.9 Å². The van der Waals surface area contributed by atoms with E-state index in [0.717, 1.165) is 35.9 Å². The molecule has 0 saturated carbocycles. The van der Waals surface area contributed by atoms with Crippen molar-refractivity contribution < 1.29 is 9.18 Å². The third-order valence-electron chi connectivity index (χ3n) is 4.82. The number of benzene rings is 1. The van der Waals surface area contributed by atoms with Gasteiger partial charge in [0.25, 0.3) is 0 Å². The number of nitrogens with zero attached hydrogens (tertiary/aromatic N) is 1. The normalized spacial score (nSPS) is 17.0. The van der Waals surface area contributed by atoms with E-state index in [4.69, 9.17) is 0 Å². The van der Waals surface area contributed by atoms with Crippen molar-refractivity contribution in [2.24, 2.45) is 0 Å². The van der Waals surface area contributed by atoms with Gasteiger partial charge in [-0.1, -0.05) is 12.1 Å². The highest BCUT2D eigenvalue weighted by Crippen LogP contribution is 2.25. The summed E-state index contributed by atoms with van der Waals surface area (Å²) in [5.41, 5.74) is 4.52. The Morgan fingerprint density at radius 1 is 1.46 bits per heavy atom. The lowest BCUT2D eigenvalue weighted by Gasteiger charge is -2.22. The smallest absolute Gasteiger partial charge is 0.224 e. The zero-order valence-corrected chi connectivity index (χ0v) is 13.4. The average Bonchev–Trinajstić information content (AvgIpc) is 3.13. The quantitative estimate of drug-likeness (QED) is 0.692. The molecule has 1 atom stereocenters. The first-order valence-electron chi connectivity index (χ1n) is 8.18. The number of aryl methyl sites for hydroxylation is 2. The van der Waals surface area contributed by atoms with Crippen molar-refractivity contribution in [3.8, 4) is 0 Å². The first kappa shape index (κ1) is 14.9. The SMILES string of the molecule is Cc1[nH]c2c(F)cccc2c1CC(=O)N[C@@H]1CCc2[nH]ncc2C1. The maximum Gasteiger partial charge on any atom is 0.224 e. The summed E-state index contributed by atoms with van der Waals surface area (Å²) in [7, 11) is 0. The molecule has 0 saturated heterocycles. The van der Waals surface area contributed by atoms with Gasteiger partial charge in [-0.15, -0.1) is 0 Å². The maximum atomic E-state index is 13.9. The number of rotatable bonds is 3. The first-order valence-corrected chi connectivity index (χ1v) is 8.18. The molecule has 0 aliphatic heterocycles. The summed E-state index contributed by atoms with van der Waals surface area (Å²) in [5.74, 6) is -0.317. The Morgan fingerprint density at radius 3 is 3.21 bits per heavy atom. The number of aromatic nitrogens is 3. The number of amides is 1. The summed E-state index contributed by atoms with van der Waals surface area (Å²) >= 11 is 0. The second kappa shape index (κ2) is 5.78. The van der Waals surface area contributed by atoms with Crippen LogP contribution in [-0.4, -0.2) is 27.1 Å². The molecule has 3 aromatic rings. The van der Waals surface area contributed by atoms with E-state index < -0.39 is 0 Å². The van der Waals surface area contributed by atoms with Crippen molar-refractivity contribution >= 4 is 16.8 Å². The number of carbonyl (C=O) groups excluding carboxylic acids is 1. The van der Waals surface area contributed by atoms with Gasteiger partial charge in [0.1, 0.15) is 5.82 Å². The Hall–Kier alpha value is -2.63. The lowest BCUT2D eigenvalue weighted by molar-refractivity contribution is -0.121. The largest absolute Gasteiger partial charge is 0.356 e. The number of fused-ring (bicyclic) bond motifs is 2. The highest BCUT2D eigenvalue weighted by atomic mass is 19.1. The van der Waals surface area contributed by atoms with E-state index >= 15 is 0 Å². The third-order valence-corrected chi connectivity index (χ3v) is 4.82. The van der Waals surface area contributed by atoms with E-state index in [1.54, 1.807) is 6.07 Å². The van der Waals surface area contributed by atoms with Crippen LogP contribution in [0.5, 0.6) is 0 Å². The molecule has 124 valence electrons. The van der Waals surface area contributed by atoms with Gasteiger partial charge in [0.05, 0.1) is 18.1 Å². The molecule has 5 nitrogen and oxygen atoms in total. The van der Waals surface area contributed by atoms with Crippen molar-refractivity contribution in [2.75, 3.05) is 0 Å². The van der Waals surface area contributed by atoms with Gasteiger partial charge in [-0.25, -0.2) is 4.39 Å². The molecule has 2 heterocycles. The van der Waals surface area contributed by atoms with Crippen LogP contribution in [0.4, 0.5) is 4.39 Å². The highest BCUT2D eigenvalue weighted by Gasteiger charge is 2.22. The Balaban J connectivity index is 1.49. The molecule has 2 aromatic heterocycles. The van der Waals surface area contributed by atoms with Gasteiger partial charge in [-0.3, -0.25) is 9.89 Å². The summed E-state index contributed by atoms with van der Waals surface area (Å²) in [6.45, 7) is 1.88. The lowest BCUT2D eigenvalue weighted by atomic mass is 9.93. The monoisotopic (exact) mass is 326 g/mol. The summed E-state index contributed by atoms with van der Waals surface area (Å²) in [6.07, 6.45) is 4.70. The van der Waals surface area contributed by atoms with E-state index in [-0.39, 0.29) is 24.2 Å². The van der Waals surface area contributed by atoms with Crippen molar-refractivity contribution in [2.45, 2.75) is 38.6 Å². The van der Waals surface area contributed by atoms with E-state index in [1.807, 2.05) is 19.2 Å². The Labute approximate surface area is 138 Å². The van der Waals surface area contributed by atoms with Gasteiger partial charge >= 0.3 is 0 Å². The van der Waals surface area contributed by atoms with E-state index in [1.165, 1.54) is 17.3 Å². The minimum Gasteiger partial charge on any atom is -0.356 e. The number of para-hydroxylation sites is 1. The van der Waals surface area contributed by atoms with Crippen molar-refractivity contribution in [3.05, 3.63) is 52.7 Å². The molecule has 0 unspecified atom stereocenters. The van der Waals surface area contributed by atoms with Gasteiger partial charge in [0.15, 0.2) is 0 Å². The predicted molar refractivity (Wildman–Crippen MR) is 89.2 cm³/mol. The number of nitrogens with one attached hydrogen (secondary N) is 3. The Morgan fingerprint density at radius 2 is 2.33 bits per heavy atom. The Bertz CT molecular complexity index is 911. The summed E-state index contributed by atoms with van der Waals surface area (Å²) < 4.78 is 13.9. The fourth-order valence-corrected chi connectivity index (χ4v) is 3.57. The molecule has 1 aromatic carbocycles. The second-order valence-electron chi connectivity index (χ2n) is 6.45. The van der Waals surface area contributed by atoms with Crippen LogP contribution >= 0.6 is 0 Å². The number of aromatic amines is 2. The topological polar surface area (TPSA) is 73.6 Å². The molecule has 6 heteroatoms. The molecule has 0 spiro atoms. The lowest BCUT2D eigenvalue weighted by Crippen LogP contribution is -2.39. The van der Waals surface area contributed by atoms with Crippen LogP contribution in [0.15, 0.2) is 24.4 Å². The molecular weight excluding hydrogens is 307 g/mol. The fraction of sp³-hybridized carbons (Fsp3) is 0.333. The van der Waals surface area contributed by atoms with Gasteiger partial charge in [-0.2, -0.15) is 5.10 Å². The van der Waals surface area contributed by atoms with Crippen molar-refractivity contribution in [1.82, 2.24) is 20.5 Å². The van der Waals surface area contributed by atoms with Crippen LogP contribution in [-0.2, 0) is 24.1 Å². The molecule has 24 heavy (non-hydrogen) atoms. The molecule has 3 N–H and O–H groups in total. The van der Waals surface area contributed by atoms with E-state index in [2.05, 4.69) is 20.5 Å². The van der Waals surface area contributed by atoms with Crippen LogP contribution in [0.25, 0.3) is 10.9 Å². The summed E-state index contributed by atoms with van der Waals surface area (Å²) in [4.78, 5) is 15.5. The molecule has 1 aliphatic rings. The average molecular weight is 326 g/mol. The van der Waals surface area contributed by atoms with Crippen molar-refractivity contribution in [3.63, 3.8) is 0 Å². The van der Waals surface area contributed by atoms with Crippen LogP contribution < -0.4 is 5.32 Å². The molecule has 1 aliphatic carbocycles. The zero-order chi connectivity index (χ0) is 16.7. The van der Waals surface area contributed by atoms with Gasteiger partial charge in [-0.05, 0) is 43.4 Å². The van der Waals surface area contributed by atoms with Crippen LogP contribution in [0, 0.1) is 12.7 Å². The minimum atomic E-state index is -0.290. The second-order valence-corrected chi connectivity index (χ2v) is 6.45. The number of hydrogen-bond donors (Lipinski definition) is 3. The summed E-state index contributed by atoms with van der Waals surface area (Å²) in [6, 6.07) is 5.08. The molecule has 0 fully saturated rings. The van der Waals surface area contributed by atoms with E-state index in [9.17, 15) is 9.18 Å². The Kier molecular flexibility index (Phi) is 3.59. The number of H-pyrrole nitrogens is 2. The maximum absolute atomic E-state index is 13.9. The zero-order valence-electron chi connectivity index (χ0n) is 13.4. The van der Waals surface area contributed by atoms with Crippen molar-refractivity contribution in [1.29, 1.82) is 0 Å². The van der Waals surface area contributed by atoms with Crippen LogP contribution in [0.2, 0.25) is 0 Å². The predicted octanol–water partition coefficient (Wildman–Crippen LogP) is 2.55. The molecule has 0 bridgehead atoms. The molecule has 0 radical (unpaired) electrons. The standard InChI is InChI=1S/C18H19FN4O/c1-10-14(13-3-2-4-15(19)18(13)21-10)8-17(24)22-12-5-6-16-11(7-12)9-20-23-16/h2-4,9,12,21H,5-8H2,1H3,(H,20,23)(H,22,24)/t12-/m1/s1. The summed E-state index contributed by atoms with van der Waals surface area (Å²) in [5, 5.41) is 10.9. The first-order chi connectivity index (χ1) is 11.6. The molecule has 1 amide bonds. The third kappa shape index (κ3) is 2.58. The van der Waals surface area contributed by atoms with Crippen LogP contribution in [0.3, 0.4) is 0 Å². The molecule has 4 rings (SSSR count). The van der Waals surface area contributed by atoms with Gasteiger partial charge in [0.2, 0.25) is 5.91 Å². The highest BCUT2D eigenvalue weighted by molar-refractivity contribution is 5.90. The van der Waals surface area contributed by atoms with E-state index in [0.29, 0.717) is 5.52 Å². The number of halogens is 1.